The largest absolute Gasteiger partial charge is 0.497 e. The van der Waals surface area contributed by atoms with Gasteiger partial charge >= 0.3 is 6.09 Å². The molecule has 0 radical (unpaired) electrons. The highest BCUT2D eigenvalue weighted by molar-refractivity contribution is 5.79. The summed E-state index contributed by atoms with van der Waals surface area (Å²) >= 11 is 0. The van der Waals surface area contributed by atoms with Crippen molar-refractivity contribution in [2.45, 2.75) is 24.5 Å². The Balaban J connectivity index is 1.29. The van der Waals surface area contributed by atoms with Crippen LogP contribution in [0.1, 0.15) is 35.1 Å². The monoisotopic (exact) mass is 463 g/mol. The second-order valence-electron chi connectivity index (χ2n) is 8.16. The molecule has 0 bridgehead atoms. The first kappa shape index (κ1) is 23.6. The first-order valence-corrected chi connectivity index (χ1v) is 11.2. The fraction of sp³-hybridized carbons (Fsp3) is 0.296. The van der Waals surface area contributed by atoms with Gasteiger partial charge < -0.3 is 29.7 Å². The number of aliphatic hydroxyl groups is 2. The average molecular weight is 464 g/mol. The van der Waals surface area contributed by atoms with Crippen molar-refractivity contribution in [2.75, 3.05) is 27.4 Å². The minimum atomic E-state index is -1.18. The normalized spacial score (nSPS) is 14.0. The van der Waals surface area contributed by atoms with Gasteiger partial charge in [0.25, 0.3) is 0 Å². The van der Waals surface area contributed by atoms with E-state index >= 15 is 0 Å². The van der Waals surface area contributed by atoms with Crippen LogP contribution in [0.4, 0.5) is 4.79 Å². The highest BCUT2D eigenvalue weighted by atomic mass is 16.5. The highest BCUT2D eigenvalue weighted by Crippen LogP contribution is 2.44. The number of hydrogen-bond acceptors (Lipinski definition) is 6. The number of nitrogens with one attached hydrogen (secondary N) is 1. The Kier molecular flexibility index (Phi) is 7.35. The molecule has 0 fully saturated rings. The average Bonchev–Trinajstić information content (AvgIpc) is 3.20. The number of rotatable bonds is 9. The van der Waals surface area contributed by atoms with Gasteiger partial charge in [-0.1, -0.05) is 48.5 Å². The van der Waals surface area contributed by atoms with Crippen LogP contribution in [0.15, 0.2) is 66.7 Å². The van der Waals surface area contributed by atoms with Crippen LogP contribution in [0.25, 0.3) is 11.1 Å². The third kappa shape index (κ3) is 4.85. The Morgan fingerprint density at radius 3 is 2.21 bits per heavy atom. The molecule has 0 spiro atoms. The van der Waals surface area contributed by atoms with Crippen LogP contribution in [-0.4, -0.2) is 49.8 Å². The molecule has 3 aromatic carbocycles. The van der Waals surface area contributed by atoms with Gasteiger partial charge in [0.05, 0.1) is 20.3 Å². The molecule has 1 aliphatic carbocycles. The maximum absolute atomic E-state index is 12.3. The first-order chi connectivity index (χ1) is 16.5. The van der Waals surface area contributed by atoms with Crippen molar-refractivity contribution < 1.29 is 29.2 Å². The first-order valence-electron chi connectivity index (χ1n) is 11.2. The predicted molar refractivity (Wildman–Crippen MR) is 128 cm³/mol. The summed E-state index contributed by atoms with van der Waals surface area (Å²) < 4.78 is 15.9. The molecule has 7 heteroatoms. The molecular weight excluding hydrogens is 434 g/mol. The molecule has 0 aromatic heterocycles. The lowest BCUT2D eigenvalue weighted by Crippen LogP contribution is -2.30. The molecule has 34 heavy (non-hydrogen) atoms. The number of carbonyl (C=O) groups is 1. The number of carbonyl (C=O) groups excluding carboxylic acids is 1. The zero-order valence-electron chi connectivity index (χ0n) is 19.2. The van der Waals surface area contributed by atoms with Crippen molar-refractivity contribution in [1.29, 1.82) is 0 Å². The Morgan fingerprint density at radius 1 is 0.941 bits per heavy atom. The standard InChI is InChI=1S/C27H29NO6/c1-32-17-11-12-22(25(15-17)33-2)26(30)24(29)13-14-28-27(31)34-16-23-20-9-5-3-7-18(20)19-8-4-6-10-21(19)23/h3-12,15,23-24,26,29-30H,13-14,16H2,1-2H3,(H,28,31). The molecule has 0 aliphatic heterocycles. The third-order valence-corrected chi connectivity index (χ3v) is 6.18. The lowest BCUT2D eigenvalue weighted by molar-refractivity contribution is 0.0123. The fourth-order valence-electron chi connectivity index (χ4n) is 4.40. The second-order valence-corrected chi connectivity index (χ2v) is 8.16. The van der Waals surface area contributed by atoms with Gasteiger partial charge in [-0.2, -0.15) is 0 Å². The van der Waals surface area contributed by atoms with E-state index in [0.717, 1.165) is 22.3 Å². The Labute approximate surface area is 198 Å². The Bertz CT molecular complexity index is 1100. The number of amides is 1. The summed E-state index contributed by atoms with van der Waals surface area (Å²) in [6.07, 6.45) is -2.70. The fourth-order valence-corrected chi connectivity index (χ4v) is 4.40. The van der Waals surface area contributed by atoms with Crippen molar-refractivity contribution in [3.05, 3.63) is 83.4 Å². The van der Waals surface area contributed by atoms with Crippen molar-refractivity contribution >= 4 is 6.09 Å². The van der Waals surface area contributed by atoms with Crippen LogP contribution in [0.3, 0.4) is 0 Å². The maximum atomic E-state index is 12.3. The molecule has 1 amide bonds. The van der Waals surface area contributed by atoms with Crippen LogP contribution in [0.2, 0.25) is 0 Å². The number of alkyl carbamates (subject to hydrolysis) is 1. The van der Waals surface area contributed by atoms with Gasteiger partial charge in [0.2, 0.25) is 0 Å². The maximum Gasteiger partial charge on any atom is 0.407 e. The zero-order valence-corrected chi connectivity index (χ0v) is 19.2. The van der Waals surface area contributed by atoms with Crippen molar-refractivity contribution in [3.8, 4) is 22.6 Å². The van der Waals surface area contributed by atoms with Crippen LogP contribution in [0.5, 0.6) is 11.5 Å². The van der Waals surface area contributed by atoms with Crippen molar-refractivity contribution in [1.82, 2.24) is 5.32 Å². The molecule has 3 N–H and O–H groups in total. The predicted octanol–water partition coefficient (Wildman–Crippen LogP) is 4.03. The molecule has 2 atom stereocenters. The van der Waals surface area contributed by atoms with Gasteiger partial charge in [0, 0.05) is 24.1 Å². The van der Waals surface area contributed by atoms with Gasteiger partial charge in [-0.25, -0.2) is 4.79 Å². The van der Waals surface area contributed by atoms with Gasteiger partial charge in [-0.15, -0.1) is 0 Å². The van der Waals surface area contributed by atoms with E-state index in [2.05, 4.69) is 29.6 Å². The number of fused-ring (bicyclic) bond motifs is 3. The number of methoxy groups -OCH3 is 2. The minimum absolute atomic E-state index is 0.0203. The molecule has 178 valence electrons. The number of aliphatic hydroxyl groups excluding tert-OH is 2. The molecule has 4 rings (SSSR count). The minimum Gasteiger partial charge on any atom is -0.497 e. The van der Waals surface area contributed by atoms with E-state index in [4.69, 9.17) is 14.2 Å². The van der Waals surface area contributed by atoms with Gasteiger partial charge in [-0.3, -0.25) is 0 Å². The van der Waals surface area contributed by atoms with Gasteiger partial charge in [0.1, 0.15) is 24.2 Å². The smallest absolute Gasteiger partial charge is 0.407 e. The quantitative estimate of drug-likeness (QED) is 0.443. The van der Waals surface area contributed by atoms with Crippen molar-refractivity contribution in [2.24, 2.45) is 0 Å². The Hall–Kier alpha value is -3.55. The molecule has 0 saturated heterocycles. The van der Waals surface area contributed by atoms with Crippen LogP contribution in [-0.2, 0) is 4.74 Å². The lowest BCUT2D eigenvalue weighted by atomic mass is 9.98. The molecule has 0 saturated carbocycles. The van der Waals surface area contributed by atoms with Gasteiger partial charge in [0.15, 0.2) is 0 Å². The van der Waals surface area contributed by atoms with E-state index in [1.165, 1.54) is 14.2 Å². The SMILES string of the molecule is COc1ccc(C(O)C(O)CCNC(=O)OCC2c3ccccc3-c3ccccc32)c(OC)c1. The van der Waals surface area contributed by atoms with E-state index < -0.39 is 18.3 Å². The molecule has 0 heterocycles. The molecule has 3 aromatic rings. The number of hydrogen-bond donors (Lipinski definition) is 3. The highest BCUT2D eigenvalue weighted by Gasteiger charge is 2.29. The summed E-state index contributed by atoms with van der Waals surface area (Å²) in [5.41, 5.74) is 5.06. The summed E-state index contributed by atoms with van der Waals surface area (Å²) in [4.78, 5) is 12.3. The number of benzene rings is 3. The van der Waals surface area contributed by atoms with E-state index in [-0.39, 0.29) is 25.5 Å². The van der Waals surface area contributed by atoms with E-state index in [0.29, 0.717) is 17.1 Å². The van der Waals surface area contributed by atoms with E-state index in [9.17, 15) is 15.0 Å². The van der Waals surface area contributed by atoms with E-state index in [1.807, 2.05) is 24.3 Å². The molecule has 1 aliphatic rings. The molecule has 7 nitrogen and oxygen atoms in total. The topological polar surface area (TPSA) is 97.2 Å². The van der Waals surface area contributed by atoms with Gasteiger partial charge in [-0.05, 0) is 40.8 Å². The third-order valence-electron chi connectivity index (χ3n) is 6.18. The summed E-state index contributed by atoms with van der Waals surface area (Å²) in [7, 11) is 3.02. The van der Waals surface area contributed by atoms with Crippen LogP contribution in [0, 0.1) is 0 Å². The van der Waals surface area contributed by atoms with Crippen LogP contribution >= 0.6 is 0 Å². The Morgan fingerprint density at radius 2 is 1.59 bits per heavy atom. The summed E-state index contributed by atoms with van der Waals surface area (Å²) in [6.45, 7) is 0.363. The lowest BCUT2D eigenvalue weighted by Gasteiger charge is -2.21. The van der Waals surface area contributed by atoms with E-state index in [1.54, 1.807) is 18.2 Å². The zero-order chi connectivity index (χ0) is 24.1. The summed E-state index contributed by atoms with van der Waals surface area (Å²) in [6, 6.07) is 21.2. The number of ether oxygens (including phenoxy) is 3. The molecule has 2 unspecified atom stereocenters. The van der Waals surface area contributed by atoms with Crippen LogP contribution < -0.4 is 14.8 Å². The molecular formula is C27H29NO6. The van der Waals surface area contributed by atoms with Crippen molar-refractivity contribution in [3.63, 3.8) is 0 Å². The second kappa shape index (κ2) is 10.6. The summed E-state index contributed by atoms with van der Waals surface area (Å²) in [5, 5.41) is 23.6. The summed E-state index contributed by atoms with van der Waals surface area (Å²) in [5.74, 6) is 0.975.